The van der Waals surface area contributed by atoms with Crippen LogP contribution in [0.5, 0.6) is 11.5 Å². The number of methoxy groups -OCH3 is 2. The zero-order valence-electron chi connectivity index (χ0n) is 19.3. The summed E-state index contributed by atoms with van der Waals surface area (Å²) in [5.74, 6) is 2.53. The average molecular weight is 447 g/mol. The first-order chi connectivity index (χ1) is 16.0. The summed E-state index contributed by atoms with van der Waals surface area (Å²) in [5.41, 5.74) is 5.62. The highest BCUT2D eigenvalue weighted by molar-refractivity contribution is 5.78. The van der Waals surface area contributed by atoms with Crippen molar-refractivity contribution in [3.8, 4) is 34.2 Å². The van der Waals surface area contributed by atoms with Crippen LogP contribution in [0.2, 0.25) is 0 Å². The summed E-state index contributed by atoms with van der Waals surface area (Å²) < 4.78 is 16.4. The Bertz CT molecular complexity index is 1230. The van der Waals surface area contributed by atoms with Crippen molar-refractivity contribution in [1.29, 1.82) is 0 Å². The van der Waals surface area contributed by atoms with E-state index in [2.05, 4.69) is 32.3 Å². The molecule has 0 aliphatic carbocycles. The lowest BCUT2D eigenvalue weighted by Gasteiger charge is -2.12. The summed E-state index contributed by atoms with van der Waals surface area (Å²) in [4.78, 5) is 18.2. The van der Waals surface area contributed by atoms with Crippen molar-refractivity contribution in [3.63, 3.8) is 0 Å². The molecule has 3 heterocycles. The van der Waals surface area contributed by atoms with E-state index in [9.17, 15) is 0 Å². The van der Waals surface area contributed by atoms with E-state index < -0.39 is 0 Å². The molecule has 1 N–H and O–H groups in total. The molecule has 1 aromatic carbocycles. The molecule has 0 aliphatic heterocycles. The van der Waals surface area contributed by atoms with Gasteiger partial charge in [0.2, 0.25) is 5.95 Å². The second-order valence-electron chi connectivity index (χ2n) is 7.50. The van der Waals surface area contributed by atoms with Gasteiger partial charge in [0.15, 0.2) is 5.76 Å². The molecule has 9 heteroatoms. The quantitative estimate of drug-likeness (QED) is 0.421. The normalized spacial score (nSPS) is 10.8. The number of nitrogens with zero attached hydrogens (tertiary/aromatic N) is 5. The third-order valence-corrected chi connectivity index (χ3v) is 5.26. The van der Waals surface area contributed by atoms with Crippen LogP contribution < -0.4 is 14.8 Å². The van der Waals surface area contributed by atoms with Gasteiger partial charge < -0.3 is 19.3 Å². The number of benzene rings is 1. The number of hydrogen-bond acceptors (Lipinski definition) is 9. The Hall–Kier alpha value is -4.01. The minimum Gasteiger partial charge on any atom is -0.497 e. The van der Waals surface area contributed by atoms with Crippen LogP contribution in [0.25, 0.3) is 22.7 Å². The highest BCUT2D eigenvalue weighted by Crippen LogP contribution is 2.33. The highest BCUT2D eigenvalue weighted by atomic mass is 16.5. The maximum absolute atomic E-state index is 5.65. The van der Waals surface area contributed by atoms with Crippen LogP contribution in [-0.2, 0) is 13.0 Å². The molecule has 0 saturated carbocycles. The molecule has 0 radical (unpaired) electrons. The smallest absolute Gasteiger partial charge is 0.223 e. The van der Waals surface area contributed by atoms with Crippen molar-refractivity contribution in [2.75, 3.05) is 19.5 Å². The van der Waals surface area contributed by atoms with Gasteiger partial charge in [-0.25, -0.2) is 9.97 Å². The Kier molecular flexibility index (Phi) is 6.48. The summed E-state index contributed by atoms with van der Waals surface area (Å²) in [6.07, 6.45) is 5.93. The maximum atomic E-state index is 5.65. The lowest BCUT2D eigenvalue weighted by Crippen LogP contribution is -2.06. The molecular formula is C24H26N6O3. The summed E-state index contributed by atoms with van der Waals surface area (Å²) in [7, 11) is 3.25. The Morgan fingerprint density at radius 1 is 0.939 bits per heavy atom. The van der Waals surface area contributed by atoms with E-state index >= 15 is 0 Å². The largest absolute Gasteiger partial charge is 0.497 e. The molecular weight excluding hydrogens is 420 g/mol. The first-order valence-electron chi connectivity index (χ1n) is 10.6. The molecule has 4 aromatic rings. The third kappa shape index (κ3) is 4.77. The molecule has 0 spiro atoms. The van der Waals surface area contributed by atoms with Crippen molar-refractivity contribution in [2.45, 2.75) is 33.7 Å². The van der Waals surface area contributed by atoms with E-state index in [1.54, 1.807) is 32.8 Å². The van der Waals surface area contributed by atoms with Gasteiger partial charge in [0.1, 0.15) is 22.9 Å². The number of nitrogens with one attached hydrogen (secondary N) is 1. The van der Waals surface area contributed by atoms with Gasteiger partial charge in [-0.2, -0.15) is 0 Å². The fourth-order valence-corrected chi connectivity index (χ4v) is 3.51. The zero-order valence-corrected chi connectivity index (χ0v) is 19.3. The zero-order chi connectivity index (χ0) is 23.4. The van der Waals surface area contributed by atoms with Crippen LogP contribution in [0, 0.1) is 13.8 Å². The molecule has 9 nitrogen and oxygen atoms in total. The molecule has 0 bridgehead atoms. The van der Waals surface area contributed by atoms with Crippen molar-refractivity contribution in [2.24, 2.45) is 0 Å². The highest BCUT2D eigenvalue weighted by Gasteiger charge is 2.21. The summed E-state index contributed by atoms with van der Waals surface area (Å²) >= 11 is 0. The summed E-state index contributed by atoms with van der Waals surface area (Å²) in [6, 6.07) is 5.69. The standard InChI is InChI=1S/C24H26N6O3/c1-6-19-15(3)30-33-23(19)20-12-28-24(29-22(20)21-13-25-14(2)10-26-21)27-11-16-7-17(31-4)9-18(8-16)32-5/h7-10,12-13H,6,11H2,1-5H3,(H,27,28,29). The van der Waals surface area contributed by atoms with Gasteiger partial charge in [-0.05, 0) is 38.0 Å². The second-order valence-corrected chi connectivity index (χ2v) is 7.50. The predicted molar refractivity (Wildman–Crippen MR) is 124 cm³/mol. The lowest BCUT2D eigenvalue weighted by molar-refractivity contribution is 0.393. The van der Waals surface area contributed by atoms with Gasteiger partial charge in [0.25, 0.3) is 0 Å². The number of anilines is 1. The van der Waals surface area contributed by atoms with Gasteiger partial charge in [-0.15, -0.1) is 0 Å². The van der Waals surface area contributed by atoms with Crippen LogP contribution in [0.15, 0.2) is 41.3 Å². The fourth-order valence-electron chi connectivity index (χ4n) is 3.51. The van der Waals surface area contributed by atoms with Gasteiger partial charge in [0.05, 0.1) is 37.4 Å². The molecule has 3 aromatic heterocycles. The maximum Gasteiger partial charge on any atom is 0.223 e. The van der Waals surface area contributed by atoms with E-state index in [4.69, 9.17) is 19.0 Å². The molecule has 0 unspecified atom stereocenters. The van der Waals surface area contributed by atoms with Crippen molar-refractivity contribution in [3.05, 3.63) is 59.3 Å². The number of ether oxygens (including phenoxy) is 2. The minimum absolute atomic E-state index is 0.451. The van der Waals surface area contributed by atoms with E-state index in [1.807, 2.05) is 32.0 Å². The Balaban J connectivity index is 1.71. The average Bonchev–Trinajstić information content (AvgIpc) is 3.22. The Labute approximate surface area is 192 Å². The topological polar surface area (TPSA) is 108 Å². The second kappa shape index (κ2) is 9.64. The molecule has 0 aliphatic rings. The van der Waals surface area contributed by atoms with Gasteiger partial charge >= 0.3 is 0 Å². The Morgan fingerprint density at radius 3 is 2.33 bits per heavy atom. The van der Waals surface area contributed by atoms with E-state index in [-0.39, 0.29) is 0 Å². The first kappa shape index (κ1) is 22.2. The first-order valence-corrected chi connectivity index (χ1v) is 10.6. The van der Waals surface area contributed by atoms with Crippen molar-refractivity contribution < 1.29 is 14.0 Å². The monoisotopic (exact) mass is 446 g/mol. The van der Waals surface area contributed by atoms with Crippen LogP contribution in [0.4, 0.5) is 5.95 Å². The third-order valence-electron chi connectivity index (χ3n) is 5.26. The molecule has 4 rings (SSSR count). The molecule has 33 heavy (non-hydrogen) atoms. The lowest BCUT2D eigenvalue weighted by atomic mass is 10.0. The van der Waals surface area contributed by atoms with E-state index in [0.717, 1.165) is 34.5 Å². The fraction of sp³-hybridized carbons (Fsp3) is 0.292. The molecule has 0 atom stereocenters. The SMILES string of the molecule is CCc1c(C)noc1-c1cnc(NCc2cc(OC)cc(OC)c2)nc1-c1cnc(C)cn1. The summed E-state index contributed by atoms with van der Waals surface area (Å²) in [5, 5.41) is 7.41. The number of aromatic nitrogens is 5. The van der Waals surface area contributed by atoms with E-state index in [0.29, 0.717) is 41.1 Å². The van der Waals surface area contributed by atoms with Crippen molar-refractivity contribution >= 4 is 5.95 Å². The molecule has 0 saturated heterocycles. The van der Waals surface area contributed by atoms with Crippen LogP contribution in [0.3, 0.4) is 0 Å². The van der Waals surface area contributed by atoms with Crippen LogP contribution in [-0.4, -0.2) is 39.3 Å². The summed E-state index contributed by atoms with van der Waals surface area (Å²) in [6.45, 7) is 6.36. The minimum atomic E-state index is 0.451. The van der Waals surface area contributed by atoms with Crippen molar-refractivity contribution in [1.82, 2.24) is 25.1 Å². The Morgan fingerprint density at radius 2 is 1.70 bits per heavy atom. The predicted octanol–water partition coefficient (Wildman–Crippen LogP) is 4.40. The number of aryl methyl sites for hydroxylation is 2. The van der Waals surface area contributed by atoms with Gasteiger partial charge in [-0.1, -0.05) is 12.1 Å². The number of hydrogen-bond donors (Lipinski definition) is 1. The molecule has 0 amide bonds. The van der Waals surface area contributed by atoms with Gasteiger partial charge in [-0.3, -0.25) is 9.97 Å². The van der Waals surface area contributed by atoms with Crippen LogP contribution in [0.1, 0.15) is 29.4 Å². The molecule has 170 valence electrons. The number of rotatable bonds is 8. The van der Waals surface area contributed by atoms with Gasteiger partial charge in [0, 0.05) is 30.6 Å². The molecule has 0 fully saturated rings. The van der Waals surface area contributed by atoms with E-state index in [1.165, 1.54) is 0 Å². The van der Waals surface area contributed by atoms with Crippen LogP contribution >= 0.6 is 0 Å².